The van der Waals surface area contributed by atoms with Crippen LogP contribution in [0.25, 0.3) is 0 Å². The number of rotatable bonds is 1. The molecule has 7 heavy (non-hydrogen) atoms. The minimum absolute atomic E-state index is 0.752. The Morgan fingerprint density at radius 2 is 2.43 bits per heavy atom. The van der Waals surface area contributed by atoms with E-state index in [-0.39, 0.29) is 0 Å². The van der Waals surface area contributed by atoms with Gasteiger partial charge in [0, 0.05) is 0 Å². The molecule has 0 bridgehead atoms. The largest absolute Gasteiger partial charge is 0.465 e. The Morgan fingerprint density at radius 3 is 2.43 bits per heavy atom. The van der Waals surface area contributed by atoms with E-state index in [0.29, 0.717) is 0 Å². The molecule has 0 aromatic rings. The predicted molar refractivity (Wildman–Crippen MR) is 26.2 cm³/mol. The smallest absolute Gasteiger partial charge is 0.405 e. The Morgan fingerprint density at radius 1 is 2.00 bits per heavy atom. The molecule has 0 heterocycles. The molecule has 4 heteroatoms. The van der Waals surface area contributed by atoms with Gasteiger partial charge >= 0.3 is 6.09 Å². The lowest BCUT2D eigenvalue weighted by molar-refractivity contribution is 0.194. The third-order valence-electron chi connectivity index (χ3n) is 0.280. The minimum atomic E-state index is -1.16. The van der Waals surface area contributed by atoms with E-state index in [1.807, 2.05) is 5.32 Å². The van der Waals surface area contributed by atoms with Gasteiger partial charge in [0.2, 0.25) is 0 Å². The lowest BCUT2D eigenvalue weighted by Gasteiger charge is -1.97. The van der Waals surface area contributed by atoms with Crippen LogP contribution >= 0.6 is 11.6 Å². The topological polar surface area (TPSA) is 49.3 Å². The van der Waals surface area contributed by atoms with Crippen molar-refractivity contribution in [3.63, 3.8) is 0 Å². The van der Waals surface area contributed by atoms with Gasteiger partial charge in [-0.05, 0) is 6.92 Å². The van der Waals surface area contributed by atoms with Crippen molar-refractivity contribution in [1.82, 2.24) is 5.32 Å². The highest BCUT2D eigenvalue weighted by molar-refractivity contribution is 6.21. The van der Waals surface area contributed by atoms with E-state index < -0.39 is 11.6 Å². The van der Waals surface area contributed by atoms with Crippen molar-refractivity contribution >= 4 is 17.7 Å². The van der Waals surface area contributed by atoms with Gasteiger partial charge in [-0.2, -0.15) is 0 Å². The molecule has 41 valence electrons. The van der Waals surface area contributed by atoms with E-state index in [2.05, 4.69) is 6.92 Å². The summed E-state index contributed by atoms with van der Waals surface area (Å²) in [5.41, 5.74) is -0.752. The van der Waals surface area contributed by atoms with Crippen molar-refractivity contribution in [2.45, 2.75) is 5.50 Å². The average Bonchev–Trinajstić information content (AvgIpc) is 1.27. The molecule has 0 saturated carbocycles. The number of nitrogens with one attached hydrogen (secondary N) is 1. The van der Waals surface area contributed by atoms with E-state index in [1.54, 1.807) is 0 Å². The summed E-state index contributed by atoms with van der Waals surface area (Å²) in [6, 6.07) is 0. The van der Waals surface area contributed by atoms with E-state index in [1.165, 1.54) is 0 Å². The number of alkyl halides is 1. The molecule has 2 N–H and O–H groups in total. The van der Waals surface area contributed by atoms with Gasteiger partial charge in [0.15, 0.2) is 0 Å². The van der Waals surface area contributed by atoms with E-state index in [4.69, 9.17) is 16.7 Å². The van der Waals surface area contributed by atoms with E-state index >= 15 is 0 Å². The standard InChI is InChI=1S/C3H5ClNO2/c1-2(4)5-3(6)7/h2,5H,1H2,(H,6,7). The Labute approximate surface area is 46.3 Å². The van der Waals surface area contributed by atoms with Gasteiger partial charge in [0.25, 0.3) is 0 Å². The summed E-state index contributed by atoms with van der Waals surface area (Å²) in [7, 11) is 0. The van der Waals surface area contributed by atoms with Crippen LogP contribution in [0.1, 0.15) is 0 Å². The van der Waals surface area contributed by atoms with Crippen LogP contribution in [0.15, 0.2) is 0 Å². The number of hydrogen-bond acceptors (Lipinski definition) is 1. The Balaban J connectivity index is 3.13. The average molecular weight is 123 g/mol. The zero-order valence-corrected chi connectivity index (χ0v) is 4.27. The van der Waals surface area contributed by atoms with Crippen LogP contribution in [0.4, 0.5) is 4.79 Å². The molecule has 3 nitrogen and oxygen atoms in total. The molecule has 1 amide bonds. The van der Waals surface area contributed by atoms with Crippen LogP contribution in [0.5, 0.6) is 0 Å². The molecule has 0 rings (SSSR count). The summed E-state index contributed by atoms with van der Waals surface area (Å²) < 4.78 is 0. The van der Waals surface area contributed by atoms with Crippen LogP contribution in [-0.2, 0) is 0 Å². The fraction of sp³-hybridized carbons (Fsp3) is 0.333. The normalized spacial score (nSPS) is 12.9. The summed E-state index contributed by atoms with van der Waals surface area (Å²) in [6.07, 6.45) is -1.16. The van der Waals surface area contributed by atoms with Crippen molar-refractivity contribution in [2.75, 3.05) is 0 Å². The lowest BCUT2D eigenvalue weighted by atomic mass is 10.7. The molecule has 1 unspecified atom stereocenters. The van der Waals surface area contributed by atoms with Gasteiger partial charge in [-0.1, -0.05) is 11.6 Å². The second kappa shape index (κ2) is 2.69. The summed E-state index contributed by atoms with van der Waals surface area (Å²) >= 11 is 5.07. The van der Waals surface area contributed by atoms with Crippen LogP contribution in [0.3, 0.4) is 0 Å². The van der Waals surface area contributed by atoms with Crippen molar-refractivity contribution in [3.8, 4) is 0 Å². The predicted octanol–water partition coefficient (Wildman–Crippen LogP) is 0.653. The van der Waals surface area contributed by atoms with Gasteiger partial charge in [-0.15, -0.1) is 0 Å². The first-order chi connectivity index (χ1) is 3.13. The number of carbonyl (C=O) groups is 1. The molecule has 0 aromatic carbocycles. The monoisotopic (exact) mass is 122 g/mol. The highest BCUT2D eigenvalue weighted by Gasteiger charge is 1.96. The highest BCUT2D eigenvalue weighted by atomic mass is 35.5. The fourth-order valence-corrected chi connectivity index (χ4v) is 0.227. The molecule has 1 atom stereocenters. The number of amides is 1. The molecule has 0 aliphatic carbocycles. The first-order valence-corrected chi connectivity index (χ1v) is 2.03. The Kier molecular flexibility index (Phi) is 2.52. The lowest BCUT2D eigenvalue weighted by Crippen LogP contribution is -2.26. The summed E-state index contributed by atoms with van der Waals surface area (Å²) in [5, 5.41) is 9.72. The summed E-state index contributed by atoms with van der Waals surface area (Å²) in [4.78, 5) is 9.57. The maximum atomic E-state index is 9.57. The molecule has 0 aliphatic rings. The zero-order valence-electron chi connectivity index (χ0n) is 3.52. The van der Waals surface area contributed by atoms with Crippen molar-refractivity contribution < 1.29 is 9.90 Å². The van der Waals surface area contributed by atoms with Crippen LogP contribution in [0.2, 0.25) is 0 Å². The van der Waals surface area contributed by atoms with Gasteiger partial charge in [-0.3, -0.25) is 0 Å². The SMILES string of the molecule is [CH2]C(Cl)NC(=O)O. The molecule has 0 saturated heterocycles. The van der Waals surface area contributed by atoms with Gasteiger partial charge < -0.3 is 10.4 Å². The second-order valence-electron chi connectivity index (χ2n) is 0.917. The molecule has 0 aromatic heterocycles. The van der Waals surface area contributed by atoms with Gasteiger partial charge in [0.05, 0.1) is 0 Å². The third kappa shape index (κ3) is 5.56. The Bertz CT molecular complexity index is 73.3. The number of hydrogen-bond donors (Lipinski definition) is 2. The molecule has 0 fully saturated rings. The quantitative estimate of drug-likeness (QED) is 0.396. The molecule has 0 aliphatic heterocycles. The molecule has 1 radical (unpaired) electrons. The maximum absolute atomic E-state index is 9.57. The maximum Gasteiger partial charge on any atom is 0.405 e. The van der Waals surface area contributed by atoms with Gasteiger partial charge in [0.1, 0.15) is 5.50 Å². The minimum Gasteiger partial charge on any atom is -0.465 e. The fourth-order valence-electron chi connectivity index (χ4n) is 0.134. The second-order valence-corrected chi connectivity index (χ2v) is 1.44. The van der Waals surface area contributed by atoms with Crippen LogP contribution in [0, 0.1) is 6.92 Å². The first-order valence-electron chi connectivity index (χ1n) is 1.59. The first kappa shape index (κ1) is 6.56. The van der Waals surface area contributed by atoms with Crippen LogP contribution < -0.4 is 5.32 Å². The number of carboxylic acid groups (broad SMARTS) is 1. The zero-order chi connectivity index (χ0) is 5.86. The molecular formula is C3H5ClNO2. The molecular weight excluding hydrogens is 117 g/mol. The van der Waals surface area contributed by atoms with Crippen molar-refractivity contribution in [3.05, 3.63) is 6.92 Å². The van der Waals surface area contributed by atoms with Gasteiger partial charge in [-0.25, -0.2) is 4.79 Å². The van der Waals surface area contributed by atoms with Crippen LogP contribution in [-0.4, -0.2) is 16.7 Å². The van der Waals surface area contributed by atoms with E-state index in [0.717, 1.165) is 0 Å². The molecule has 0 spiro atoms. The highest BCUT2D eigenvalue weighted by Crippen LogP contribution is 1.83. The summed E-state index contributed by atoms with van der Waals surface area (Å²) in [6.45, 7) is 3.15. The van der Waals surface area contributed by atoms with Crippen molar-refractivity contribution in [1.29, 1.82) is 0 Å². The van der Waals surface area contributed by atoms with E-state index in [9.17, 15) is 4.79 Å². The summed E-state index contributed by atoms with van der Waals surface area (Å²) in [5.74, 6) is 0. The Hall–Kier alpha value is -0.440. The third-order valence-corrected chi connectivity index (χ3v) is 0.389. The number of halogens is 1. The van der Waals surface area contributed by atoms with Crippen molar-refractivity contribution in [2.24, 2.45) is 0 Å².